The van der Waals surface area contributed by atoms with Crippen molar-refractivity contribution in [2.45, 2.75) is 26.4 Å². The van der Waals surface area contributed by atoms with E-state index in [1.54, 1.807) is 24.3 Å². The van der Waals surface area contributed by atoms with Gasteiger partial charge in [0.2, 0.25) is 5.95 Å². The van der Waals surface area contributed by atoms with E-state index in [9.17, 15) is 4.79 Å². The van der Waals surface area contributed by atoms with E-state index in [0.29, 0.717) is 37.0 Å². The summed E-state index contributed by atoms with van der Waals surface area (Å²) in [5.41, 5.74) is -0.00493. The van der Waals surface area contributed by atoms with Crippen molar-refractivity contribution >= 4 is 29.3 Å². The third kappa shape index (κ3) is 5.68. The molecule has 2 aromatic rings. The van der Waals surface area contributed by atoms with Crippen molar-refractivity contribution < 1.29 is 9.53 Å². The van der Waals surface area contributed by atoms with E-state index in [1.165, 1.54) is 0 Å². The molecular weight excluding hydrogens is 440 g/mol. The quantitative estimate of drug-likeness (QED) is 0.662. The first kappa shape index (κ1) is 23.6. The van der Waals surface area contributed by atoms with Crippen LogP contribution in [0.1, 0.15) is 19.5 Å². The molecule has 1 amide bonds. The van der Waals surface area contributed by atoms with E-state index >= 15 is 0 Å². The summed E-state index contributed by atoms with van der Waals surface area (Å²) in [5, 5.41) is 0.636. The number of piperazine rings is 2. The van der Waals surface area contributed by atoms with Crippen LogP contribution >= 0.6 is 11.6 Å². The minimum atomic E-state index is -0.968. The smallest absolute Gasteiger partial charge is 0.266 e. The molecule has 0 bridgehead atoms. The summed E-state index contributed by atoms with van der Waals surface area (Å²) >= 11 is 5.95. The normalized spacial score (nSPS) is 17.9. The lowest BCUT2D eigenvalue weighted by atomic mass is 10.1. The highest BCUT2D eigenvalue weighted by molar-refractivity contribution is 6.30. The number of carbonyl (C=O) groups excluding carboxylic acids is 1. The molecule has 0 radical (unpaired) electrons. The summed E-state index contributed by atoms with van der Waals surface area (Å²) < 4.78 is 5.99. The number of aryl methyl sites for hydroxylation is 1. The second-order valence-electron chi connectivity index (χ2n) is 9.30. The van der Waals surface area contributed by atoms with Crippen LogP contribution in [0.2, 0.25) is 5.02 Å². The molecule has 8 nitrogen and oxygen atoms in total. The third-order valence-corrected chi connectivity index (χ3v) is 6.46. The van der Waals surface area contributed by atoms with Gasteiger partial charge in [-0.25, -0.2) is 4.98 Å². The van der Waals surface area contributed by atoms with Crippen molar-refractivity contribution in [2.75, 3.05) is 69.2 Å². The molecule has 2 aliphatic heterocycles. The number of hydrogen-bond acceptors (Lipinski definition) is 7. The van der Waals surface area contributed by atoms with Gasteiger partial charge in [0.1, 0.15) is 11.6 Å². The molecule has 2 saturated heterocycles. The number of carbonyl (C=O) groups is 1. The van der Waals surface area contributed by atoms with Gasteiger partial charge in [0.25, 0.3) is 5.91 Å². The van der Waals surface area contributed by atoms with Gasteiger partial charge in [0.05, 0.1) is 0 Å². The molecule has 0 spiro atoms. The van der Waals surface area contributed by atoms with Gasteiger partial charge in [-0.3, -0.25) is 4.79 Å². The lowest BCUT2D eigenvalue weighted by molar-refractivity contribution is -0.145. The van der Waals surface area contributed by atoms with Gasteiger partial charge >= 0.3 is 0 Å². The number of nitrogens with zero attached hydrogens (tertiary/aromatic N) is 6. The summed E-state index contributed by atoms with van der Waals surface area (Å²) in [5.74, 6) is 2.33. The Morgan fingerprint density at radius 2 is 1.55 bits per heavy atom. The fourth-order valence-corrected chi connectivity index (χ4v) is 4.33. The van der Waals surface area contributed by atoms with Gasteiger partial charge in [0.15, 0.2) is 5.60 Å². The molecule has 4 rings (SSSR count). The van der Waals surface area contributed by atoms with Crippen molar-refractivity contribution in [3.63, 3.8) is 0 Å². The average Bonchev–Trinajstić information content (AvgIpc) is 2.80. The fourth-order valence-electron chi connectivity index (χ4n) is 4.21. The van der Waals surface area contributed by atoms with Crippen molar-refractivity contribution in [1.29, 1.82) is 0 Å². The predicted octanol–water partition coefficient (Wildman–Crippen LogP) is 2.70. The zero-order valence-electron chi connectivity index (χ0n) is 19.9. The highest BCUT2D eigenvalue weighted by atomic mass is 35.5. The predicted molar refractivity (Wildman–Crippen MR) is 131 cm³/mol. The summed E-state index contributed by atoms with van der Waals surface area (Å²) in [6, 6.07) is 9.14. The maximum atomic E-state index is 13.2. The molecule has 0 N–H and O–H groups in total. The largest absolute Gasteiger partial charge is 0.478 e. The summed E-state index contributed by atoms with van der Waals surface area (Å²) in [7, 11) is 2.15. The first-order valence-electron chi connectivity index (χ1n) is 11.5. The molecule has 0 atom stereocenters. The minimum Gasteiger partial charge on any atom is -0.478 e. The van der Waals surface area contributed by atoms with Crippen molar-refractivity contribution in [2.24, 2.45) is 0 Å². The standard InChI is InChI=1S/C24H33ClN6O2/c1-18-17-21(29-11-9-28(4)10-12-29)27-23(26-18)31-15-13-30(14-16-31)22(32)24(2,3)33-20-7-5-19(25)6-8-20/h5-8,17H,9-16H2,1-4H3. The molecule has 178 valence electrons. The zero-order chi connectivity index (χ0) is 23.6. The van der Waals surface area contributed by atoms with Gasteiger partial charge in [-0.1, -0.05) is 11.6 Å². The molecule has 1 aromatic carbocycles. The third-order valence-electron chi connectivity index (χ3n) is 6.21. The van der Waals surface area contributed by atoms with Crippen LogP contribution in [0.3, 0.4) is 0 Å². The monoisotopic (exact) mass is 472 g/mol. The maximum absolute atomic E-state index is 13.2. The molecule has 0 saturated carbocycles. The summed E-state index contributed by atoms with van der Waals surface area (Å²) in [4.78, 5) is 31.4. The number of rotatable bonds is 5. The maximum Gasteiger partial charge on any atom is 0.266 e. The Bertz CT molecular complexity index is 967. The Morgan fingerprint density at radius 1 is 0.939 bits per heavy atom. The molecule has 0 unspecified atom stereocenters. The Hall–Kier alpha value is -2.58. The second kappa shape index (κ2) is 9.73. The van der Waals surface area contributed by atoms with Crippen LogP contribution < -0.4 is 14.5 Å². The fraction of sp³-hybridized carbons (Fsp3) is 0.542. The van der Waals surface area contributed by atoms with Crippen molar-refractivity contribution in [1.82, 2.24) is 19.8 Å². The number of halogens is 1. The van der Waals surface area contributed by atoms with E-state index in [2.05, 4.69) is 32.8 Å². The van der Waals surface area contributed by atoms with E-state index in [4.69, 9.17) is 21.3 Å². The van der Waals surface area contributed by atoms with Crippen LogP contribution in [0.4, 0.5) is 11.8 Å². The number of hydrogen-bond donors (Lipinski definition) is 0. The first-order chi connectivity index (χ1) is 15.7. The SMILES string of the molecule is Cc1cc(N2CCN(C)CC2)nc(N2CCN(C(=O)C(C)(C)Oc3ccc(Cl)cc3)CC2)n1. The van der Waals surface area contributed by atoms with Crippen LogP contribution in [0.25, 0.3) is 0 Å². The Balaban J connectivity index is 1.38. The topological polar surface area (TPSA) is 65.0 Å². The van der Waals surface area contributed by atoms with Gasteiger partial charge < -0.3 is 24.3 Å². The van der Waals surface area contributed by atoms with Crippen molar-refractivity contribution in [3.05, 3.63) is 41.0 Å². The van der Waals surface area contributed by atoms with E-state index in [0.717, 1.165) is 43.6 Å². The van der Waals surface area contributed by atoms with Crippen LogP contribution in [0, 0.1) is 6.92 Å². The second-order valence-corrected chi connectivity index (χ2v) is 9.74. The molecule has 2 aliphatic rings. The van der Waals surface area contributed by atoms with E-state index in [-0.39, 0.29) is 5.91 Å². The summed E-state index contributed by atoms with van der Waals surface area (Å²) in [6.07, 6.45) is 0. The van der Waals surface area contributed by atoms with Crippen LogP contribution in [-0.2, 0) is 4.79 Å². The van der Waals surface area contributed by atoms with Crippen molar-refractivity contribution in [3.8, 4) is 5.75 Å². The molecule has 0 aliphatic carbocycles. The number of amides is 1. The lowest BCUT2D eigenvalue weighted by Crippen LogP contribution is -2.56. The van der Waals surface area contributed by atoms with Crippen LogP contribution in [-0.4, -0.2) is 90.7 Å². The number of anilines is 2. The summed E-state index contributed by atoms with van der Waals surface area (Å²) in [6.45, 7) is 12.2. The van der Waals surface area contributed by atoms with Gasteiger partial charge in [-0.05, 0) is 52.1 Å². The molecule has 9 heteroatoms. The lowest BCUT2D eigenvalue weighted by Gasteiger charge is -2.39. The van der Waals surface area contributed by atoms with E-state index < -0.39 is 5.60 Å². The van der Waals surface area contributed by atoms with E-state index in [1.807, 2.05) is 25.7 Å². The van der Waals surface area contributed by atoms with Crippen LogP contribution in [0.5, 0.6) is 5.75 Å². The molecule has 33 heavy (non-hydrogen) atoms. The average molecular weight is 473 g/mol. The molecular formula is C24H33ClN6O2. The highest BCUT2D eigenvalue weighted by Gasteiger charge is 2.36. The number of ether oxygens (including phenoxy) is 1. The molecule has 1 aromatic heterocycles. The molecule has 3 heterocycles. The Kier molecular flexibility index (Phi) is 6.95. The van der Waals surface area contributed by atoms with Gasteiger partial charge in [-0.2, -0.15) is 4.98 Å². The first-order valence-corrected chi connectivity index (χ1v) is 11.9. The zero-order valence-corrected chi connectivity index (χ0v) is 20.7. The van der Waals surface area contributed by atoms with Gasteiger partial charge in [0, 0.05) is 69.1 Å². The Morgan fingerprint density at radius 3 is 2.18 bits per heavy atom. The number of likely N-dealkylation sites (N-methyl/N-ethyl adjacent to an activating group) is 1. The number of benzene rings is 1. The highest BCUT2D eigenvalue weighted by Crippen LogP contribution is 2.24. The minimum absolute atomic E-state index is 0.0274. The Labute approximate surface area is 201 Å². The number of aromatic nitrogens is 2. The molecule has 2 fully saturated rings. The van der Waals surface area contributed by atoms with Gasteiger partial charge in [-0.15, -0.1) is 0 Å². The van der Waals surface area contributed by atoms with Crippen LogP contribution in [0.15, 0.2) is 30.3 Å².